The first-order valence-electron chi connectivity index (χ1n) is 4.84. The molecule has 0 aromatic carbocycles. The van der Waals surface area contributed by atoms with Crippen molar-refractivity contribution in [1.82, 2.24) is 0 Å². The number of unbranched alkanes of at least 4 members (excludes halogenated alkanes) is 4. The molecule has 2 heteroatoms. The second kappa shape index (κ2) is 10.6. The van der Waals surface area contributed by atoms with Crippen molar-refractivity contribution in [1.29, 1.82) is 0 Å². The van der Waals surface area contributed by atoms with Gasteiger partial charge in [0.15, 0.2) is 6.29 Å². The van der Waals surface area contributed by atoms with Crippen LogP contribution in [0.15, 0.2) is 0 Å². The molecule has 0 aromatic heterocycles. The first-order chi connectivity index (χ1) is 5.91. The zero-order valence-electron chi connectivity index (χ0n) is 7.97. The van der Waals surface area contributed by atoms with Crippen molar-refractivity contribution in [3.05, 3.63) is 0 Å². The monoisotopic (exact) mass is 171 g/mol. The normalized spacial score (nSPS) is 10.1. The second-order valence-corrected chi connectivity index (χ2v) is 2.92. The van der Waals surface area contributed by atoms with Crippen molar-refractivity contribution < 1.29 is 9.53 Å². The lowest BCUT2D eigenvalue weighted by atomic mass is 10.2. The third kappa shape index (κ3) is 9.63. The van der Waals surface area contributed by atoms with Gasteiger partial charge in [0.1, 0.15) is 0 Å². The van der Waals surface area contributed by atoms with E-state index in [0.717, 1.165) is 38.9 Å². The van der Waals surface area contributed by atoms with E-state index in [1.165, 1.54) is 6.42 Å². The molecule has 2 nitrogen and oxygen atoms in total. The van der Waals surface area contributed by atoms with Gasteiger partial charge in [0.2, 0.25) is 0 Å². The summed E-state index contributed by atoms with van der Waals surface area (Å²) in [5, 5.41) is 0. The topological polar surface area (TPSA) is 26.3 Å². The van der Waals surface area contributed by atoms with Gasteiger partial charge >= 0.3 is 0 Å². The van der Waals surface area contributed by atoms with Gasteiger partial charge in [-0.05, 0) is 19.3 Å². The Kier molecular flexibility index (Phi) is 10.3. The first kappa shape index (κ1) is 11.6. The number of hydrogen-bond donors (Lipinski definition) is 0. The van der Waals surface area contributed by atoms with Gasteiger partial charge in [0, 0.05) is 19.6 Å². The number of hydrogen-bond acceptors (Lipinski definition) is 2. The highest BCUT2D eigenvalue weighted by molar-refractivity contribution is 5.50. The van der Waals surface area contributed by atoms with Gasteiger partial charge in [-0.15, -0.1) is 0 Å². The summed E-state index contributed by atoms with van der Waals surface area (Å²) in [6.07, 6.45) is 8.00. The summed E-state index contributed by atoms with van der Waals surface area (Å²) in [4.78, 5) is 9.83. The van der Waals surface area contributed by atoms with E-state index in [2.05, 4.69) is 6.92 Å². The van der Waals surface area contributed by atoms with Gasteiger partial charge in [-0.3, -0.25) is 4.79 Å². The maximum absolute atomic E-state index is 9.83. The van der Waals surface area contributed by atoms with E-state index in [-0.39, 0.29) is 0 Å². The van der Waals surface area contributed by atoms with Crippen LogP contribution in [0.2, 0.25) is 0 Å². The molecule has 0 heterocycles. The maximum Gasteiger partial charge on any atom is 0.198 e. The van der Waals surface area contributed by atoms with Crippen molar-refractivity contribution in [2.75, 3.05) is 13.2 Å². The van der Waals surface area contributed by atoms with Gasteiger partial charge in [0.25, 0.3) is 0 Å². The van der Waals surface area contributed by atoms with Crippen molar-refractivity contribution in [3.63, 3.8) is 0 Å². The van der Waals surface area contributed by atoms with E-state index in [4.69, 9.17) is 4.74 Å². The van der Waals surface area contributed by atoms with Crippen LogP contribution in [-0.4, -0.2) is 19.5 Å². The summed E-state index contributed by atoms with van der Waals surface area (Å²) >= 11 is 0. The molecule has 0 saturated heterocycles. The van der Waals surface area contributed by atoms with Crippen LogP contribution in [0.3, 0.4) is 0 Å². The lowest BCUT2D eigenvalue weighted by Gasteiger charge is -2.00. The summed E-state index contributed by atoms with van der Waals surface area (Å²) < 4.78 is 5.31. The Hall–Kier alpha value is -0.370. The molecule has 0 aliphatic carbocycles. The number of rotatable bonds is 9. The van der Waals surface area contributed by atoms with Crippen molar-refractivity contribution >= 4 is 6.29 Å². The SMILES string of the molecule is CCCOCCCCCC[C]=O. The van der Waals surface area contributed by atoms with Crippen LogP contribution in [0.1, 0.15) is 45.4 Å². The molecule has 0 atom stereocenters. The van der Waals surface area contributed by atoms with Gasteiger partial charge in [-0.2, -0.15) is 0 Å². The molecule has 71 valence electrons. The molecule has 0 spiro atoms. The predicted octanol–water partition coefficient (Wildman–Crippen LogP) is 2.47. The summed E-state index contributed by atoms with van der Waals surface area (Å²) in [6, 6.07) is 0. The highest BCUT2D eigenvalue weighted by Gasteiger charge is 1.90. The van der Waals surface area contributed by atoms with Gasteiger partial charge in [-0.1, -0.05) is 19.8 Å². The fourth-order valence-electron chi connectivity index (χ4n) is 1.00. The highest BCUT2D eigenvalue weighted by atomic mass is 16.5. The maximum atomic E-state index is 9.83. The van der Waals surface area contributed by atoms with Crippen LogP contribution in [0.25, 0.3) is 0 Å². The summed E-state index contributed by atoms with van der Waals surface area (Å²) in [5.41, 5.74) is 0. The molecule has 0 amide bonds. The van der Waals surface area contributed by atoms with E-state index in [9.17, 15) is 4.79 Å². The Bertz CT molecular complexity index is 91.8. The summed E-state index contributed by atoms with van der Waals surface area (Å²) in [7, 11) is 0. The third-order valence-corrected chi connectivity index (χ3v) is 1.67. The van der Waals surface area contributed by atoms with E-state index < -0.39 is 0 Å². The van der Waals surface area contributed by atoms with E-state index in [1.807, 2.05) is 6.29 Å². The molecule has 0 rings (SSSR count). The molecule has 0 N–H and O–H groups in total. The van der Waals surface area contributed by atoms with Crippen molar-refractivity contribution in [3.8, 4) is 0 Å². The van der Waals surface area contributed by atoms with Crippen LogP contribution in [0.4, 0.5) is 0 Å². The Balaban J connectivity index is 2.77. The molecular weight excluding hydrogens is 152 g/mol. The fraction of sp³-hybridized carbons (Fsp3) is 0.900. The minimum atomic E-state index is 0.593. The average Bonchev–Trinajstić information content (AvgIpc) is 2.10. The molecule has 0 unspecified atom stereocenters. The minimum Gasteiger partial charge on any atom is -0.381 e. The van der Waals surface area contributed by atoms with Crippen LogP contribution in [-0.2, 0) is 9.53 Å². The molecule has 0 aliphatic heterocycles. The Labute approximate surface area is 75.3 Å². The second-order valence-electron chi connectivity index (χ2n) is 2.92. The summed E-state index contributed by atoms with van der Waals surface area (Å²) in [6.45, 7) is 3.86. The molecule has 1 radical (unpaired) electrons. The average molecular weight is 171 g/mol. The van der Waals surface area contributed by atoms with Gasteiger partial charge in [-0.25, -0.2) is 0 Å². The standard InChI is InChI=1S/C10H19O2/c1-2-9-12-10-7-5-3-4-6-8-11/h2-7,9-10H2,1H3. The Morgan fingerprint density at radius 1 is 1.08 bits per heavy atom. The van der Waals surface area contributed by atoms with E-state index >= 15 is 0 Å². The minimum absolute atomic E-state index is 0.593. The van der Waals surface area contributed by atoms with E-state index in [0.29, 0.717) is 6.42 Å². The predicted molar refractivity (Wildman–Crippen MR) is 49.9 cm³/mol. The zero-order chi connectivity index (χ0) is 9.07. The van der Waals surface area contributed by atoms with Gasteiger partial charge < -0.3 is 4.74 Å². The molecular formula is C10H19O2. The largest absolute Gasteiger partial charge is 0.381 e. The highest BCUT2D eigenvalue weighted by Crippen LogP contribution is 2.01. The lowest BCUT2D eigenvalue weighted by Crippen LogP contribution is -1.95. The van der Waals surface area contributed by atoms with E-state index in [1.54, 1.807) is 0 Å². The molecule has 0 bridgehead atoms. The lowest BCUT2D eigenvalue weighted by molar-refractivity contribution is 0.130. The smallest absolute Gasteiger partial charge is 0.198 e. The molecule has 0 fully saturated rings. The van der Waals surface area contributed by atoms with Crippen LogP contribution in [0.5, 0.6) is 0 Å². The summed E-state index contributed by atoms with van der Waals surface area (Å²) in [5.74, 6) is 0. The van der Waals surface area contributed by atoms with Crippen LogP contribution >= 0.6 is 0 Å². The third-order valence-electron chi connectivity index (χ3n) is 1.67. The molecule has 0 saturated carbocycles. The quantitative estimate of drug-likeness (QED) is 0.498. The Morgan fingerprint density at radius 3 is 2.50 bits per heavy atom. The Morgan fingerprint density at radius 2 is 1.83 bits per heavy atom. The first-order valence-corrected chi connectivity index (χ1v) is 4.84. The number of ether oxygens (including phenoxy) is 1. The number of carbonyl (C=O) groups excluding carboxylic acids is 1. The molecule has 12 heavy (non-hydrogen) atoms. The molecule has 0 aromatic rings. The van der Waals surface area contributed by atoms with Crippen molar-refractivity contribution in [2.45, 2.75) is 45.4 Å². The fourth-order valence-corrected chi connectivity index (χ4v) is 1.00. The molecule has 0 aliphatic rings. The van der Waals surface area contributed by atoms with Crippen LogP contribution in [0, 0.1) is 0 Å². The van der Waals surface area contributed by atoms with Crippen molar-refractivity contribution in [2.24, 2.45) is 0 Å². The van der Waals surface area contributed by atoms with Crippen LogP contribution < -0.4 is 0 Å². The van der Waals surface area contributed by atoms with Gasteiger partial charge in [0.05, 0.1) is 0 Å². The zero-order valence-corrected chi connectivity index (χ0v) is 7.97.